The average Bonchev–Trinajstić information content (AvgIpc) is 2.35. The van der Waals surface area contributed by atoms with E-state index in [0.717, 1.165) is 25.9 Å². The highest BCUT2D eigenvalue weighted by Crippen LogP contribution is 2.15. The lowest BCUT2D eigenvalue weighted by Crippen LogP contribution is -2.52. The van der Waals surface area contributed by atoms with Gasteiger partial charge in [0.15, 0.2) is 0 Å². The summed E-state index contributed by atoms with van der Waals surface area (Å²) in [6.07, 6.45) is 3.33. The van der Waals surface area contributed by atoms with Gasteiger partial charge in [-0.1, -0.05) is 6.92 Å². The van der Waals surface area contributed by atoms with Gasteiger partial charge >= 0.3 is 5.97 Å². The second-order valence-corrected chi connectivity index (χ2v) is 5.62. The van der Waals surface area contributed by atoms with E-state index in [0.29, 0.717) is 26.2 Å². The molecular formula is C15H31NO4. The minimum absolute atomic E-state index is 0.156. The van der Waals surface area contributed by atoms with Gasteiger partial charge in [0.05, 0.1) is 13.2 Å². The van der Waals surface area contributed by atoms with Gasteiger partial charge in [-0.3, -0.25) is 10.1 Å². The van der Waals surface area contributed by atoms with Crippen LogP contribution < -0.4 is 5.32 Å². The van der Waals surface area contributed by atoms with Crippen LogP contribution >= 0.6 is 0 Å². The van der Waals surface area contributed by atoms with Crippen LogP contribution in [0, 0.1) is 0 Å². The van der Waals surface area contributed by atoms with Crippen molar-refractivity contribution in [2.24, 2.45) is 0 Å². The van der Waals surface area contributed by atoms with Crippen LogP contribution in [0.1, 0.15) is 53.4 Å². The molecule has 0 fully saturated rings. The maximum atomic E-state index is 11.3. The third-order valence-electron chi connectivity index (χ3n) is 3.02. The van der Waals surface area contributed by atoms with Crippen LogP contribution in [-0.4, -0.2) is 49.1 Å². The first-order chi connectivity index (χ1) is 9.42. The number of carboxylic acid groups (broad SMARTS) is 1. The first-order valence-electron chi connectivity index (χ1n) is 7.59. The van der Waals surface area contributed by atoms with Crippen LogP contribution in [-0.2, 0) is 14.3 Å². The van der Waals surface area contributed by atoms with E-state index in [1.54, 1.807) is 6.92 Å². The van der Waals surface area contributed by atoms with Crippen molar-refractivity contribution in [1.29, 1.82) is 0 Å². The molecule has 0 saturated carbocycles. The van der Waals surface area contributed by atoms with E-state index in [1.165, 1.54) is 0 Å². The molecular weight excluding hydrogens is 258 g/mol. The molecule has 0 rings (SSSR count). The molecule has 0 spiro atoms. The summed E-state index contributed by atoms with van der Waals surface area (Å²) in [6, 6.07) is 0.156. The molecule has 0 aliphatic carbocycles. The number of aliphatic carboxylic acids is 1. The highest BCUT2D eigenvalue weighted by atomic mass is 16.5. The number of hydrogen-bond acceptors (Lipinski definition) is 4. The Hall–Kier alpha value is -0.650. The summed E-state index contributed by atoms with van der Waals surface area (Å²) in [6.45, 7) is 10.4. The largest absolute Gasteiger partial charge is 0.480 e. The Kier molecular flexibility index (Phi) is 10.7. The fourth-order valence-electron chi connectivity index (χ4n) is 2.03. The summed E-state index contributed by atoms with van der Waals surface area (Å²) in [4.78, 5) is 11.3. The molecule has 0 aliphatic rings. The number of unbranched alkanes of at least 4 members (excludes halogenated alkanes) is 1. The lowest BCUT2D eigenvalue weighted by atomic mass is 9.94. The smallest absolute Gasteiger partial charge is 0.323 e. The Balaban J connectivity index is 3.67. The fraction of sp³-hybridized carbons (Fsp3) is 0.933. The number of ether oxygens (including phenoxy) is 2. The zero-order valence-electron chi connectivity index (χ0n) is 13.4. The Bertz CT molecular complexity index is 258. The normalized spacial score (nSPS) is 14.4. The number of carboxylic acids is 1. The van der Waals surface area contributed by atoms with E-state index in [4.69, 9.17) is 9.47 Å². The van der Waals surface area contributed by atoms with E-state index in [1.807, 2.05) is 13.8 Å². The van der Waals surface area contributed by atoms with Crippen molar-refractivity contribution in [1.82, 2.24) is 5.32 Å². The van der Waals surface area contributed by atoms with E-state index in [9.17, 15) is 9.90 Å². The summed E-state index contributed by atoms with van der Waals surface area (Å²) in [5.41, 5.74) is -0.849. The van der Waals surface area contributed by atoms with Crippen molar-refractivity contribution < 1.29 is 19.4 Å². The summed E-state index contributed by atoms with van der Waals surface area (Å²) < 4.78 is 10.7. The number of rotatable bonds is 13. The number of hydrogen-bond donors (Lipinski definition) is 2. The van der Waals surface area contributed by atoms with Gasteiger partial charge in [0.2, 0.25) is 0 Å². The SMILES string of the molecule is CCCOCCOCCCCC(C)(NC(C)C)C(=O)O. The van der Waals surface area contributed by atoms with Crippen molar-refractivity contribution in [2.75, 3.05) is 26.4 Å². The molecule has 0 aromatic rings. The fourth-order valence-corrected chi connectivity index (χ4v) is 2.03. The third-order valence-corrected chi connectivity index (χ3v) is 3.02. The summed E-state index contributed by atoms with van der Waals surface area (Å²) in [7, 11) is 0. The quantitative estimate of drug-likeness (QED) is 0.510. The molecule has 0 saturated heterocycles. The molecule has 0 amide bonds. The Morgan fingerprint density at radius 1 is 1.15 bits per heavy atom. The van der Waals surface area contributed by atoms with E-state index in [-0.39, 0.29) is 6.04 Å². The molecule has 2 N–H and O–H groups in total. The van der Waals surface area contributed by atoms with Crippen LogP contribution in [0.15, 0.2) is 0 Å². The van der Waals surface area contributed by atoms with Gasteiger partial charge < -0.3 is 14.6 Å². The summed E-state index contributed by atoms with van der Waals surface area (Å²) in [5.74, 6) is -0.792. The topological polar surface area (TPSA) is 67.8 Å². The van der Waals surface area contributed by atoms with Crippen LogP contribution in [0.2, 0.25) is 0 Å². The van der Waals surface area contributed by atoms with Crippen molar-refractivity contribution in [2.45, 2.75) is 65.0 Å². The predicted molar refractivity (Wildman–Crippen MR) is 80.1 cm³/mol. The van der Waals surface area contributed by atoms with Gasteiger partial charge in [-0.2, -0.15) is 0 Å². The molecule has 5 heteroatoms. The Labute approximate surface area is 123 Å². The van der Waals surface area contributed by atoms with Crippen molar-refractivity contribution in [3.05, 3.63) is 0 Å². The maximum absolute atomic E-state index is 11.3. The molecule has 0 aliphatic heterocycles. The van der Waals surface area contributed by atoms with Gasteiger partial charge in [-0.15, -0.1) is 0 Å². The zero-order chi connectivity index (χ0) is 15.4. The molecule has 5 nitrogen and oxygen atoms in total. The lowest BCUT2D eigenvalue weighted by molar-refractivity contribution is -0.144. The third kappa shape index (κ3) is 9.28. The monoisotopic (exact) mass is 289 g/mol. The van der Waals surface area contributed by atoms with Crippen LogP contribution in [0.25, 0.3) is 0 Å². The first kappa shape index (κ1) is 19.4. The molecule has 1 atom stereocenters. The van der Waals surface area contributed by atoms with Gasteiger partial charge in [0.25, 0.3) is 0 Å². The van der Waals surface area contributed by atoms with Gasteiger partial charge in [-0.25, -0.2) is 0 Å². The second kappa shape index (κ2) is 11.1. The standard InChI is InChI=1S/C15H31NO4/c1-5-9-19-11-12-20-10-7-6-8-15(4,14(17)18)16-13(2)3/h13,16H,5-12H2,1-4H3,(H,17,18). The lowest BCUT2D eigenvalue weighted by Gasteiger charge is -2.28. The van der Waals surface area contributed by atoms with Gasteiger partial charge in [-0.05, 0) is 46.5 Å². The minimum Gasteiger partial charge on any atom is -0.480 e. The Morgan fingerprint density at radius 2 is 1.75 bits per heavy atom. The van der Waals surface area contributed by atoms with Gasteiger partial charge in [0, 0.05) is 19.3 Å². The van der Waals surface area contributed by atoms with Crippen molar-refractivity contribution in [3.8, 4) is 0 Å². The van der Waals surface area contributed by atoms with Crippen molar-refractivity contribution in [3.63, 3.8) is 0 Å². The first-order valence-corrected chi connectivity index (χ1v) is 7.59. The molecule has 0 bridgehead atoms. The molecule has 0 aromatic carbocycles. The minimum atomic E-state index is -0.849. The molecule has 20 heavy (non-hydrogen) atoms. The molecule has 120 valence electrons. The summed E-state index contributed by atoms with van der Waals surface area (Å²) in [5, 5.41) is 12.4. The van der Waals surface area contributed by atoms with Crippen LogP contribution in [0.5, 0.6) is 0 Å². The molecule has 0 heterocycles. The van der Waals surface area contributed by atoms with E-state index >= 15 is 0 Å². The maximum Gasteiger partial charge on any atom is 0.323 e. The highest BCUT2D eigenvalue weighted by Gasteiger charge is 2.32. The summed E-state index contributed by atoms with van der Waals surface area (Å²) >= 11 is 0. The van der Waals surface area contributed by atoms with E-state index in [2.05, 4.69) is 12.2 Å². The number of carbonyl (C=O) groups is 1. The number of nitrogens with one attached hydrogen (secondary N) is 1. The zero-order valence-corrected chi connectivity index (χ0v) is 13.4. The average molecular weight is 289 g/mol. The van der Waals surface area contributed by atoms with Crippen molar-refractivity contribution >= 4 is 5.97 Å². The Morgan fingerprint density at radius 3 is 2.25 bits per heavy atom. The van der Waals surface area contributed by atoms with Crippen LogP contribution in [0.3, 0.4) is 0 Å². The van der Waals surface area contributed by atoms with Crippen LogP contribution in [0.4, 0.5) is 0 Å². The highest BCUT2D eigenvalue weighted by molar-refractivity contribution is 5.78. The second-order valence-electron chi connectivity index (χ2n) is 5.62. The molecule has 0 radical (unpaired) electrons. The molecule has 0 aromatic heterocycles. The van der Waals surface area contributed by atoms with Gasteiger partial charge in [0.1, 0.15) is 5.54 Å². The predicted octanol–water partition coefficient (Wildman–Crippen LogP) is 2.44. The van der Waals surface area contributed by atoms with E-state index < -0.39 is 11.5 Å². The molecule has 1 unspecified atom stereocenters.